The Morgan fingerprint density at radius 2 is 2.00 bits per heavy atom. The molecule has 1 unspecified atom stereocenters. The standard InChI is InChI=1S/C16H15ClN2O2/c1-21-15(13-7-3-2-4-8-13)16(20)19-18-11-12-6-5-9-14(17)10-12/h2-11,15H,1H3,(H,19,20). The van der Waals surface area contributed by atoms with Gasteiger partial charge in [-0.05, 0) is 23.3 Å². The highest BCUT2D eigenvalue weighted by Gasteiger charge is 2.18. The van der Waals surface area contributed by atoms with Gasteiger partial charge < -0.3 is 4.74 Å². The molecule has 1 N–H and O–H groups in total. The number of carbonyl (C=O) groups is 1. The first-order valence-corrected chi connectivity index (χ1v) is 6.74. The van der Waals surface area contributed by atoms with Gasteiger partial charge in [-0.2, -0.15) is 5.10 Å². The van der Waals surface area contributed by atoms with Gasteiger partial charge in [0, 0.05) is 12.1 Å². The zero-order valence-electron chi connectivity index (χ0n) is 11.5. The molecule has 5 heteroatoms. The summed E-state index contributed by atoms with van der Waals surface area (Å²) in [6, 6.07) is 16.4. The predicted molar refractivity (Wildman–Crippen MR) is 83.4 cm³/mol. The number of halogens is 1. The fourth-order valence-electron chi connectivity index (χ4n) is 1.84. The molecule has 108 valence electrons. The lowest BCUT2D eigenvalue weighted by atomic mass is 10.1. The Balaban J connectivity index is 2.00. The second-order valence-electron chi connectivity index (χ2n) is 4.32. The summed E-state index contributed by atoms with van der Waals surface area (Å²) in [7, 11) is 1.48. The Morgan fingerprint density at radius 1 is 1.24 bits per heavy atom. The highest BCUT2D eigenvalue weighted by molar-refractivity contribution is 6.30. The molecule has 2 aromatic carbocycles. The fraction of sp³-hybridized carbons (Fsp3) is 0.125. The maximum Gasteiger partial charge on any atom is 0.273 e. The Hall–Kier alpha value is -2.17. The van der Waals surface area contributed by atoms with Crippen LogP contribution in [0.2, 0.25) is 5.02 Å². The van der Waals surface area contributed by atoms with Crippen LogP contribution >= 0.6 is 11.6 Å². The van der Waals surface area contributed by atoms with Crippen LogP contribution in [0.15, 0.2) is 59.7 Å². The number of amides is 1. The molecule has 2 rings (SSSR count). The summed E-state index contributed by atoms with van der Waals surface area (Å²) in [6.45, 7) is 0. The minimum Gasteiger partial charge on any atom is -0.367 e. The number of ether oxygens (including phenoxy) is 1. The minimum atomic E-state index is -0.692. The van der Waals surface area contributed by atoms with E-state index in [1.807, 2.05) is 42.5 Å². The number of methoxy groups -OCH3 is 1. The van der Waals surface area contributed by atoms with E-state index in [9.17, 15) is 4.79 Å². The van der Waals surface area contributed by atoms with Crippen molar-refractivity contribution in [3.63, 3.8) is 0 Å². The third-order valence-corrected chi connectivity index (χ3v) is 3.05. The van der Waals surface area contributed by atoms with Crippen LogP contribution in [0.3, 0.4) is 0 Å². The summed E-state index contributed by atoms with van der Waals surface area (Å²) < 4.78 is 5.21. The lowest BCUT2D eigenvalue weighted by Crippen LogP contribution is -2.26. The van der Waals surface area contributed by atoms with Crippen molar-refractivity contribution in [2.75, 3.05) is 7.11 Å². The average molecular weight is 303 g/mol. The van der Waals surface area contributed by atoms with Gasteiger partial charge in [0.1, 0.15) is 0 Å². The third kappa shape index (κ3) is 4.41. The van der Waals surface area contributed by atoms with E-state index in [1.54, 1.807) is 12.1 Å². The molecule has 2 aromatic rings. The zero-order chi connectivity index (χ0) is 15.1. The highest BCUT2D eigenvalue weighted by Crippen LogP contribution is 2.16. The quantitative estimate of drug-likeness (QED) is 0.681. The summed E-state index contributed by atoms with van der Waals surface area (Å²) in [5, 5.41) is 4.53. The number of hydrogen-bond donors (Lipinski definition) is 1. The highest BCUT2D eigenvalue weighted by atomic mass is 35.5. The lowest BCUT2D eigenvalue weighted by molar-refractivity contribution is -0.131. The molecule has 0 aliphatic rings. The van der Waals surface area contributed by atoms with Crippen LogP contribution in [0.1, 0.15) is 17.2 Å². The minimum absolute atomic E-state index is 0.332. The second-order valence-corrected chi connectivity index (χ2v) is 4.75. The molecule has 1 atom stereocenters. The molecule has 0 aromatic heterocycles. The van der Waals surface area contributed by atoms with Crippen LogP contribution in [0.5, 0.6) is 0 Å². The molecule has 0 aliphatic carbocycles. The van der Waals surface area contributed by atoms with E-state index in [1.165, 1.54) is 13.3 Å². The molecule has 0 fully saturated rings. The fourth-order valence-corrected chi connectivity index (χ4v) is 2.04. The van der Waals surface area contributed by atoms with Crippen molar-refractivity contribution < 1.29 is 9.53 Å². The van der Waals surface area contributed by atoms with Gasteiger partial charge in [0.25, 0.3) is 5.91 Å². The Labute approximate surface area is 128 Å². The van der Waals surface area contributed by atoms with Gasteiger partial charge in [0.2, 0.25) is 0 Å². The average Bonchev–Trinajstić information content (AvgIpc) is 2.49. The summed E-state index contributed by atoms with van der Waals surface area (Å²) in [5.74, 6) is -0.332. The first-order valence-electron chi connectivity index (χ1n) is 6.37. The molecule has 21 heavy (non-hydrogen) atoms. The van der Waals surface area contributed by atoms with Gasteiger partial charge in [-0.1, -0.05) is 54.1 Å². The Morgan fingerprint density at radius 3 is 2.67 bits per heavy atom. The van der Waals surface area contributed by atoms with E-state index >= 15 is 0 Å². The molecule has 0 heterocycles. The zero-order valence-corrected chi connectivity index (χ0v) is 12.2. The normalized spacial score (nSPS) is 12.3. The van der Waals surface area contributed by atoms with Crippen molar-refractivity contribution in [2.24, 2.45) is 5.10 Å². The van der Waals surface area contributed by atoms with Crippen molar-refractivity contribution in [3.05, 3.63) is 70.7 Å². The van der Waals surface area contributed by atoms with Crippen LogP contribution in [0.4, 0.5) is 0 Å². The van der Waals surface area contributed by atoms with Crippen molar-refractivity contribution >= 4 is 23.7 Å². The van der Waals surface area contributed by atoms with E-state index in [-0.39, 0.29) is 5.91 Å². The van der Waals surface area contributed by atoms with Crippen LogP contribution in [-0.4, -0.2) is 19.2 Å². The number of nitrogens with zero attached hydrogens (tertiary/aromatic N) is 1. The molecule has 0 saturated carbocycles. The molecule has 1 amide bonds. The number of benzene rings is 2. The maximum absolute atomic E-state index is 12.1. The number of nitrogens with one attached hydrogen (secondary N) is 1. The van der Waals surface area contributed by atoms with Gasteiger partial charge in [-0.15, -0.1) is 0 Å². The van der Waals surface area contributed by atoms with Gasteiger partial charge in [-0.25, -0.2) is 5.43 Å². The van der Waals surface area contributed by atoms with Crippen LogP contribution in [-0.2, 0) is 9.53 Å². The Kier molecular flexibility index (Phi) is 5.49. The van der Waals surface area contributed by atoms with Crippen molar-refractivity contribution in [3.8, 4) is 0 Å². The van der Waals surface area contributed by atoms with E-state index < -0.39 is 6.10 Å². The van der Waals surface area contributed by atoms with Crippen molar-refractivity contribution in [2.45, 2.75) is 6.10 Å². The molecule has 0 radical (unpaired) electrons. The van der Waals surface area contributed by atoms with E-state index in [0.29, 0.717) is 5.02 Å². The van der Waals surface area contributed by atoms with Gasteiger partial charge >= 0.3 is 0 Å². The van der Waals surface area contributed by atoms with E-state index in [4.69, 9.17) is 16.3 Å². The number of hydrazone groups is 1. The summed E-state index contributed by atoms with van der Waals surface area (Å²) in [4.78, 5) is 12.1. The number of hydrogen-bond acceptors (Lipinski definition) is 3. The molecule has 4 nitrogen and oxygen atoms in total. The SMILES string of the molecule is COC(C(=O)NN=Cc1cccc(Cl)c1)c1ccccc1. The summed E-state index contributed by atoms with van der Waals surface area (Å²) in [6.07, 6.45) is 0.837. The molecule has 0 saturated heterocycles. The molecular formula is C16H15ClN2O2. The van der Waals surface area contributed by atoms with Gasteiger partial charge in [0.05, 0.1) is 6.21 Å². The van der Waals surface area contributed by atoms with Gasteiger partial charge in [-0.3, -0.25) is 4.79 Å². The topological polar surface area (TPSA) is 50.7 Å². The third-order valence-electron chi connectivity index (χ3n) is 2.81. The monoisotopic (exact) mass is 302 g/mol. The predicted octanol–water partition coefficient (Wildman–Crippen LogP) is 3.18. The van der Waals surface area contributed by atoms with E-state index in [0.717, 1.165) is 11.1 Å². The van der Waals surface area contributed by atoms with E-state index in [2.05, 4.69) is 10.5 Å². The Bertz CT molecular complexity index is 629. The molecule has 0 aliphatic heterocycles. The molecule has 0 bridgehead atoms. The van der Waals surface area contributed by atoms with Crippen molar-refractivity contribution in [1.82, 2.24) is 5.43 Å². The smallest absolute Gasteiger partial charge is 0.273 e. The molecular weight excluding hydrogens is 288 g/mol. The first kappa shape index (κ1) is 15.2. The summed E-state index contributed by atoms with van der Waals surface area (Å²) in [5.41, 5.74) is 4.04. The number of rotatable bonds is 5. The lowest BCUT2D eigenvalue weighted by Gasteiger charge is -2.13. The summed E-state index contributed by atoms with van der Waals surface area (Å²) >= 11 is 5.87. The van der Waals surface area contributed by atoms with Crippen LogP contribution in [0, 0.1) is 0 Å². The number of carbonyl (C=O) groups excluding carboxylic acids is 1. The maximum atomic E-state index is 12.1. The first-order chi connectivity index (χ1) is 10.2. The largest absolute Gasteiger partial charge is 0.367 e. The van der Waals surface area contributed by atoms with Crippen LogP contribution in [0.25, 0.3) is 0 Å². The van der Waals surface area contributed by atoms with Gasteiger partial charge in [0.15, 0.2) is 6.10 Å². The second kappa shape index (κ2) is 7.57. The van der Waals surface area contributed by atoms with Crippen LogP contribution < -0.4 is 5.43 Å². The molecule has 0 spiro atoms. The van der Waals surface area contributed by atoms with Crippen molar-refractivity contribution in [1.29, 1.82) is 0 Å².